The van der Waals surface area contributed by atoms with Crippen LogP contribution < -0.4 is 10.6 Å². The number of carbonyl (C=O) groups is 2. The molecule has 5 nitrogen and oxygen atoms in total. The normalized spacial score (nSPS) is 20.0. The van der Waals surface area contributed by atoms with Gasteiger partial charge in [0.2, 0.25) is 5.91 Å². The van der Waals surface area contributed by atoms with Crippen LogP contribution >= 0.6 is 0 Å². The Balaban J connectivity index is 2.42. The van der Waals surface area contributed by atoms with Gasteiger partial charge in [-0.3, -0.25) is 4.79 Å². The predicted octanol–water partition coefficient (Wildman–Crippen LogP) is 1.24. The molecule has 1 aliphatic rings. The monoisotopic (exact) mass is 270 g/mol. The average Bonchev–Trinajstić information content (AvgIpc) is 2.36. The topological polar surface area (TPSA) is 78.4 Å². The van der Waals surface area contributed by atoms with Crippen molar-refractivity contribution in [2.24, 2.45) is 17.8 Å². The van der Waals surface area contributed by atoms with Gasteiger partial charge in [0, 0.05) is 6.42 Å². The molecule has 1 saturated heterocycles. The molecule has 0 aliphatic carbocycles. The number of carboxylic acids is 1. The van der Waals surface area contributed by atoms with Crippen LogP contribution in [0.4, 0.5) is 0 Å². The quantitative estimate of drug-likeness (QED) is 0.678. The molecule has 19 heavy (non-hydrogen) atoms. The molecule has 0 aromatic heterocycles. The van der Waals surface area contributed by atoms with E-state index in [0.717, 1.165) is 25.9 Å². The van der Waals surface area contributed by atoms with E-state index in [1.54, 1.807) is 13.8 Å². The molecule has 0 spiro atoms. The van der Waals surface area contributed by atoms with Gasteiger partial charge in [-0.15, -0.1) is 0 Å². The number of amides is 1. The largest absolute Gasteiger partial charge is 0.480 e. The molecule has 2 atom stereocenters. The molecule has 3 N–H and O–H groups in total. The third-order valence-corrected chi connectivity index (χ3v) is 3.95. The molecule has 1 rings (SSSR count). The van der Waals surface area contributed by atoms with Crippen molar-refractivity contribution in [2.45, 2.75) is 46.1 Å². The Bertz CT molecular complexity index is 312. The Kier molecular flexibility index (Phi) is 6.28. The van der Waals surface area contributed by atoms with Gasteiger partial charge in [-0.1, -0.05) is 20.8 Å². The Labute approximate surface area is 115 Å². The van der Waals surface area contributed by atoms with Gasteiger partial charge in [0.25, 0.3) is 0 Å². The van der Waals surface area contributed by atoms with E-state index in [9.17, 15) is 9.59 Å². The average molecular weight is 270 g/mol. The maximum Gasteiger partial charge on any atom is 0.326 e. The first-order chi connectivity index (χ1) is 8.91. The summed E-state index contributed by atoms with van der Waals surface area (Å²) in [4.78, 5) is 23.0. The minimum Gasteiger partial charge on any atom is -0.480 e. The number of hydrogen-bond acceptors (Lipinski definition) is 3. The highest BCUT2D eigenvalue weighted by atomic mass is 16.4. The molecule has 1 amide bonds. The second kappa shape index (κ2) is 7.48. The summed E-state index contributed by atoms with van der Waals surface area (Å²) in [5, 5.41) is 15.0. The number of piperidine rings is 1. The summed E-state index contributed by atoms with van der Waals surface area (Å²) in [7, 11) is 0. The van der Waals surface area contributed by atoms with Gasteiger partial charge in [0.15, 0.2) is 0 Å². The van der Waals surface area contributed by atoms with Gasteiger partial charge in [-0.2, -0.15) is 0 Å². The van der Waals surface area contributed by atoms with E-state index in [0.29, 0.717) is 18.3 Å². The van der Waals surface area contributed by atoms with Crippen LogP contribution in [0.15, 0.2) is 0 Å². The van der Waals surface area contributed by atoms with E-state index >= 15 is 0 Å². The summed E-state index contributed by atoms with van der Waals surface area (Å²) in [6, 6.07) is -0.785. The SMILES string of the molecule is CC(CC(=O)N[C@@H](C(=O)O)C(C)C)C1CCNCC1. The second-order valence-electron chi connectivity index (χ2n) is 5.90. The lowest BCUT2D eigenvalue weighted by Gasteiger charge is -2.28. The molecule has 1 fully saturated rings. The molecular weight excluding hydrogens is 244 g/mol. The molecule has 0 bridgehead atoms. The van der Waals surface area contributed by atoms with Crippen LogP contribution in [-0.2, 0) is 9.59 Å². The predicted molar refractivity (Wildman–Crippen MR) is 73.8 cm³/mol. The molecule has 0 aromatic rings. The highest BCUT2D eigenvalue weighted by Gasteiger charge is 2.26. The van der Waals surface area contributed by atoms with Crippen molar-refractivity contribution < 1.29 is 14.7 Å². The van der Waals surface area contributed by atoms with Crippen molar-refractivity contribution in [3.8, 4) is 0 Å². The first-order valence-electron chi connectivity index (χ1n) is 7.14. The fraction of sp³-hybridized carbons (Fsp3) is 0.857. The van der Waals surface area contributed by atoms with Gasteiger partial charge in [0.1, 0.15) is 6.04 Å². The van der Waals surface area contributed by atoms with Crippen LogP contribution in [0.3, 0.4) is 0 Å². The minimum absolute atomic E-state index is 0.101. The molecule has 0 radical (unpaired) electrons. The maximum atomic E-state index is 11.9. The van der Waals surface area contributed by atoms with Crippen LogP contribution in [0.25, 0.3) is 0 Å². The third-order valence-electron chi connectivity index (χ3n) is 3.95. The summed E-state index contributed by atoms with van der Waals surface area (Å²) in [6.45, 7) is 7.71. The van der Waals surface area contributed by atoms with Gasteiger partial charge < -0.3 is 15.7 Å². The maximum absolute atomic E-state index is 11.9. The fourth-order valence-electron chi connectivity index (χ4n) is 2.62. The van der Waals surface area contributed by atoms with E-state index in [1.807, 2.05) is 0 Å². The smallest absolute Gasteiger partial charge is 0.326 e. The van der Waals surface area contributed by atoms with E-state index in [1.165, 1.54) is 0 Å². The van der Waals surface area contributed by atoms with Crippen LogP contribution in [0.2, 0.25) is 0 Å². The summed E-state index contributed by atoms with van der Waals surface area (Å²) in [5.41, 5.74) is 0. The summed E-state index contributed by atoms with van der Waals surface area (Å²) >= 11 is 0. The summed E-state index contributed by atoms with van der Waals surface area (Å²) < 4.78 is 0. The van der Waals surface area contributed by atoms with E-state index in [4.69, 9.17) is 5.11 Å². The zero-order valence-electron chi connectivity index (χ0n) is 12.1. The van der Waals surface area contributed by atoms with Crippen molar-refractivity contribution in [1.29, 1.82) is 0 Å². The van der Waals surface area contributed by atoms with Crippen molar-refractivity contribution >= 4 is 11.9 Å². The molecule has 110 valence electrons. The zero-order chi connectivity index (χ0) is 14.4. The van der Waals surface area contributed by atoms with E-state index in [2.05, 4.69) is 17.6 Å². The number of carbonyl (C=O) groups excluding carboxylic acids is 1. The molecule has 1 unspecified atom stereocenters. The highest BCUT2D eigenvalue weighted by molar-refractivity contribution is 5.83. The Morgan fingerprint density at radius 1 is 1.26 bits per heavy atom. The lowest BCUT2D eigenvalue weighted by atomic mass is 9.84. The number of aliphatic carboxylic acids is 1. The van der Waals surface area contributed by atoms with Gasteiger partial charge in [-0.25, -0.2) is 4.79 Å². The number of rotatable bonds is 6. The molecule has 0 aromatic carbocycles. The fourth-order valence-corrected chi connectivity index (χ4v) is 2.62. The summed E-state index contributed by atoms with van der Waals surface area (Å²) in [6.07, 6.45) is 2.61. The van der Waals surface area contributed by atoms with Crippen molar-refractivity contribution in [2.75, 3.05) is 13.1 Å². The van der Waals surface area contributed by atoms with Crippen LogP contribution in [0.5, 0.6) is 0 Å². The highest BCUT2D eigenvalue weighted by Crippen LogP contribution is 2.24. The molecule has 1 heterocycles. The summed E-state index contributed by atoms with van der Waals surface area (Å²) in [5.74, 6) is -0.335. The first-order valence-corrected chi connectivity index (χ1v) is 7.14. The number of hydrogen-bond donors (Lipinski definition) is 3. The Morgan fingerprint density at radius 3 is 2.32 bits per heavy atom. The molecule has 5 heteroatoms. The second-order valence-corrected chi connectivity index (χ2v) is 5.90. The molecule has 1 aliphatic heterocycles. The Morgan fingerprint density at radius 2 is 1.84 bits per heavy atom. The van der Waals surface area contributed by atoms with Crippen molar-refractivity contribution in [3.63, 3.8) is 0 Å². The number of carboxylic acid groups (broad SMARTS) is 1. The molecule has 0 saturated carbocycles. The third kappa shape index (κ3) is 5.19. The van der Waals surface area contributed by atoms with Crippen molar-refractivity contribution in [1.82, 2.24) is 10.6 Å². The number of nitrogens with one attached hydrogen (secondary N) is 2. The van der Waals surface area contributed by atoms with E-state index in [-0.39, 0.29) is 11.8 Å². The standard InChI is InChI=1S/C14H26N2O3/c1-9(2)13(14(18)19)16-12(17)8-10(3)11-4-6-15-7-5-11/h9-11,13,15H,4-8H2,1-3H3,(H,16,17)(H,18,19)/t10?,13-/m1/s1. The first kappa shape index (κ1) is 16.0. The van der Waals surface area contributed by atoms with Crippen molar-refractivity contribution in [3.05, 3.63) is 0 Å². The van der Waals surface area contributed by atoms with Crippen LogP contribution in [0.1, 0.15) is 40.0 Å². The van der Waals surface area contributed by atoms with Gasteiger partial charge in [-0.05, 0) is 43.7 Å². The van der Waals surface area contributed by atoms with Crippen LogP contribution in [0, 0.1) is 17.8 Å². The minimum atomic E-state index is -0.960. The lowest BCUT2D eigenvalue weighted by Crippen LogP contribution is -2.45. The Hall–Kier alpha value is -1.10. The van der Waals surface area contributed by atoms with E-state index < -0.39 is 12.0 Å². The molecular formula is C14H26N2O3. The van der Waals surface area contributed by atoms with Crippen LogP contribution in [-0.4, -0.2) is 36.1 Å². The van der Waals surface area contributed by atoms with Gasteiger partial charge in [0.05, 0.1) is 0 Å². The zero-order valence-corrected chi connectivity index (χ0v) is 12.1. The van der Waals surface area contributed by atoms with Gasteiger partial charge >= 0.3 is 5.97 Å². The lowest BCUT2D eigenvalue weighted by molar-refractivity contribution is -0.143.